The van der Waals surface area contributed by atoms with Gasteiger partial charge in [-0.2, -0.15) is 0 Å². The molecule has 0 heterocycles. The van der Waals surface area contributed by atoms with Gasteiger partial charge in [0.25, 0.3) is 0 Å². The predicted molar refractivity (Wildman–Crippen MR) is 89.0 cm³/mol. The lowest BCUT2D eigenvalue weighted by molar-refractivity contribution is 0.304. The van der Waals surface area contributed by atoms with Crippen molar-refractivity contribution in [1.82, 2.24) is 0 Å². The third-order valence-corrected chi connectivity index (χ3v) is 3.26. The Hall–Kier alpha value is -1.96. The van der Waals surface area contributed by atoms with E-state index in [4.69, 9.17) is 9.84 Å². The molecular formula is C19H26O2. The van der Waals surface area contributed by atoms with Gasteiger partial charge in [0.1, 0.15) is 11.5 Å². The molecule has 2 aromatic carbocycles. The standard InChI is InChI=1S/C11H16O2.C8H10/c1-2-3-4-8-13-11-7-5-6-10(12)9-11;1-7-5-3-4-6-8(7)2/h5-7,9,12H,2-4,8H2,1H3;3-6H,1-2H3. The van der Waals surface area contributed by atoms with Crippen LogP contribution in [0.5, 0.6) is 11.5 Å². The molecule has 2 heteroatoms. The number of phenolic OH excluding ortho intramolecular Hbond substituents is 1. The van der Waals surface area contributed by atoms with Crippen molar-refractivity contribution in [2.75, 3.05) is 6.61 Å². The molecule has 0 saturated heterocycles. The fraction of sp³-hybridized carbons (Fsp3) is 0.368. The molecular weight excluding hydrogens is 260 g/mol. The van der Waals surface area contributed by atoms with Crippen molar-refractivity contribution >= 4 is 0 Å². The highest BCUT2D eigenvalue weighted by atomic mass is 16.5. The Labute approximate surface area is 128 Å². The lowest BCUT2D eigenvalue weighted by atomic mass is 10.1. The maximum atomic E-state index is 9.14. The van der Waals surface area contributed by atoms with E-state index in [1.807, 2.05) is 6.07 Å². The Kier molecular flexibility index (Phi) is 8.03. The van der Waals surface area contributed by atoms with E-state index in [0.29, 0.717) is 0 Å². The molecule has 0 saturated carbocycles. The second-order valence-corrected chi connectivity index (χ2v) is 5.14. The van der Waals surface area contributed by atoms with E-state index in [2.05, 4.69) is 45.0 Å². The number of hydrogen-bond acceptors (Lipinski definition) is 2. The Balaban J connectivity index is 0.000000235. The van der Waals surface area contributed by atoms with Crippen molar-refractivity contribution in [3.05, 3.63) is 59.7 Å². The van der Waals surface area contributed by atoms with Crippen LogP contribution in [0.15, 0.2) is 48.5 Å². The van der Waals surface area contributed by atoms with Crippen LogP contribution in [0.3, 0.4) is 0 Å². The molecule has 0 radical (unpaired) electrons. The van der Waals surface area contributed by atoms with E-state index < -0.39 is 0 Å². The molecule has 114 valence electrons. The van der Waals surface area contributed by atoms with E-state index in [1.165, 1.54) is 24.0 Å². The van der Waals surface area contributed by atoms with E-state index >= 15 is 0 Å². The van der Waals surface area contributed by atoms with Crippen molar-refractivity contribution in [3.63, 3.8) is 0 Å². The minimum atomic E-state index is 0.257. The molecule has 2 nitrogen and oxygen atoms in total. The summed E-state index contributed by atoms with van der Waals surface area (Å²) in [6, 6.07) is 15.3. The van der Waals surface area contributed by atoms with Gasteiger partial charge < -0.3 is 9.84 Å². The Morgan fingerprint density at radius 3 is 2.10 bits per heavy atom. The summed E-state index contributed by atoms with van der Waals surface area (Å²) in [4.78, 5) is 0. The molecule has 0 amide bonds. The summed E-state index contributed by atoms with van der Waals surface area (Å²) >= 11 is 0. The van der Waals surface area contributed by atoms with Gasteiger partial charge >= 0.3 is 0 Å². The number of ether oxygens (including phenoxy) is 1. The van der Waals surface area contributed by atoms with Crippen LogP contribution in [0.2, 0.25) is 0 Å². The summed E-state index contributed by atoms with van der Waals surface area (Å²) in [6.07, 6.45) is 3.47. The fourth-order valence-electron chi connectivity index (χ4n) is 1.78. The average Bonchev–Trinajstić information content (AvgIpc) is 2.48. The molecule has 0 unspecified atom stereocenters. The monoisotopic (exact) mass is 286 g/mol. The normalized spacial score (nSPS) is 9.67. The third kappa shape index (κ3) is 7.40. The van der Waals surface area contributed by atoms with Crippen LogP contribution in [0, 0.1) is 13.8 Å². The Morgan fingerprint density at radius 2 is 1.57 bits per heavy atom. The zero-order valence-electron chi connectivity index (χ0n) is 13.3. The van der Waals surface area contributed by atoms with Gasteiger partial charge in [0.2, 0.25) is 0 Å². The summed E-state index contributed by atoms with van der Waals surface area (Å²) in [5.74, 6) is 1.00. The molecule has 21 heavy (non-hydrogen) atoms. The zero-order chi connectivity index (χ0) is 15.5. The first-order valence-corrected chi connectivity index (χ1v) is 7.57. The van der Waals surface area contributed by atoms with Crippen molar-refractivity contribution in [2.45, 2.75) is 40.0 Å². The molecule has 0 aliphatic carbocycles. The first kappa shape index (κ1) is 17.1. The van der Waals surface area contributed by atoms with Gasteiger partial charge in [-0.1, -0.05) is 50.1 Å². The topological polar surface area (TPSA) is 29.5 Å². The first-order valence-electron chi connectivity index (χ1n) is 7.57. The maximum absolute atomic E-state index is 9.14. The SMILES string of the molecule is CCCCCOc1cccc(O)c1.Cc1ccccc1C. The van der Waals surface area contributed by atoms with Gasteiger partial charge in [0.15, 0.2) is 0 Å². The summed E-state index contributed by atoms with van der Waals surface area (Å²) in [5.41, 5.74) is 2.74. The van der Waals surface area contributed by atoms with Crippen molar-refractivity contribution in [3.8, 4) is 11.5 Å². The minimum absolute atomic E-state index is 0.257. The Morgan fingerprint density at radius 1 is 0.905 bits per heavy atom. The molecule has 2 aromatic rings. The number of aryl methyl sites for hydroxylation is 2. The molecule has 0 spiro atoms. The molecule has 0 aliphatic heterocycles. The van der Waals surface area contributed by atoms with Gasteiger partial charge in [0.05, 0.1) is 6.61 Å². The molecule has 0 aromatic heterocycles. The van der Waals surface area contributed by atoms with Crippen LogP contribution >= 0.6 is 0 Å². The first-order chi connectivity index (χ1) is 10.1. The van der Waals surface area contributed by atoms with Crippen molar-refractivity contribution in [1.29, 1.82) is 0 Å². The lowest BCUT2D eigenvalue weighted by Gasteiger charge is -2.05. The highest BCUT2D eigenvalue weighted by Gasteiger charge is 1.94. The Bertz CT molecular complexity index is 499. The summed E-state index contributed by atoms with van der Waals surface area (Å²) in [6.45, 7) is 7.14. The minimum Gasteiger partial charge on any atom is -0.508 e. The number of rotatable bonds is 5. The number of unbranched alkanes of at least 4 members (excludes halogenated alkanes) is 2. The molecule has 0 fully saturated rings. The summed E-state index contributed by atoms with van der Waals surface area (Å²) < 4.78 is 5.43. The number of aromatic hydroxyl groups is 1. The predicted octanol–water partition coefficient (Wildman–Crippen LogP) is 5.26. The van der Waals surface area contributed by atoms with E-state index in [0.717, 1.165) is 18.8 Å². The largest absolute Gasteiger partial charge is 0.508 e. The van der Waals surface area contributed by atoms with Crippen LogP contribution in [0.1, 0.15) is 37.3 Å². The third-order valence-electron chi connectivity index (χ3n) is 3.26. The second-order valence-electron chi connectivity index (χ2n) is 5.14. The summed E-state index contributed by atoms with van der Waals surface area (Å²) in [7, 11) is 0. The van der Waals surface area contributed by atoms with E-state index in [1.54, 1.807) is 18.2 Å². The quantitative estimate of drug-likeness (QED) is 0.759. The fourth-order valence-corrected chi connectivity index (χ4v) is 1.78. The van der Waals surface area contributed by atoms with Gasteiger partial charge in [0, 0.05) is 6.07 Å². The molecule has 1 N–H and O–H groups in total. The molecule has 0 bridgehead atoms. The van der Waals surface area contributed by atoms with E-state index in [-0.39, 0.29) is 5.75 Å². The molecule has 2 rings (SSSR count). The van der Waals surface area contributed by atoms with Gasteiger partial charge in [-0.3, -0.25) is 0 Å². The lowest BCUT2D eigenvalue weighted by Crippen LogP contribution is -1.96. The highest BCUT2D eigenvalue weighted by molar-refractivity contribution is 5.31. The van der Waals surface area contributed by atoms with Crippen LogP contribution < -0.4 is 4.74 Å². The highest BCUT2D eigenvalue weighted by Crippen LogP contribution is 2.17. The number of benzene rings is 2. The van der Waals surface area contributed by atoms with Crippen LogP contribution in [-0.2, 0) is 0 Å². The van der Waals surface area contributed by atoms with Crippen LogP contribution in [0.4, 0.5) is 0 Å². The van der Waals surface area contributed by atoms with Crippen molar-refractivity contribution < 1.29 is 9.84 Å². The number of hydrogen-bond donors (Lipinski definition) is 1. The van der Waals surface area contributed by atoms with Gasteiger partial charge in [-0.05, 0) is 43.5 Å². The number of phenols is 1. The van der Waals surface area contributed by atoms with Gasteiger partial charge in [-0.15, -0.1) is 0 Å². The van der Waals surface area contributed by atoms with Gasteiger partial charge in [-0.25, -0.2) is 0 Å². The summed E-state index contributed by atoms with van der Waals surface area (Å²) in [5, 5.41) is 9.14. The smallest absolute Gasteiger partial charge is 0.122 e. The maximum Gasteiger partial charge on any atom is 0.122 e. The van der Waals surface area contributed by atoms with Crippen molar-refractivity contribution in [2.24, 2.45) is 0 Å². The zero-order valence-corrected chi connectivity index (χ0v) is 13.3. The molecule has 0 aliphatic rings. The van der Waals surface area contributed by atoms with Crippen LogP contribution in [-0.4, -0.2) is 11.7 Å². The van der Waals surface area contributed by atoms with E-state index in [9.17, 15) is 0 Å². The second kappa shape index (κ2) is 9.87. The average molecular weight is 286 g/mol. The van der Waals surface area contributed by atoms with Crippen LogP contribution in [0.25, 0.3) is 0 Å². The molecule has 0 atom stereocenters.